The van der Waals surface area contributed by atoms with Crippen LogP contribution in [0.25, 0.3) is 22.4 Å². The van der Waals surface area contributed by atoms with Crippen LogP contribution in [0.5, 0.6) is 0 Å². The van der Waals surface area contributed by atoms with E-state index in [4.69, 9.17) is 4.98 Å². The molecule has 5 nitrogen and oxygen atoms in total. The SMILES string of the molecule is C=C/C(=C\N(C)C)c1cccc(-c2ccc(C(/C=N\C)=C/CC)c(NCCCC(C)(C)O)n2)c1. The molecule has 1 aromatic carbocycles. The van der Waals surface area contributed by atoms with E-state index in [1.54, 1.807) is 7.05 Å². The third-order valence-corrected chi connectivity index (χ3v) is 5.27. The van der Waals surface area contributed by atoms with Gasteiger partial charge in [-0.1, -0.05) is 43.9 Å². The molecule has 0 aliphatic heterocycles. The van der Waals surface area contributed by atoms with Crippen LogP contribution in [-0.4, -0.2) is 54.5 Å². The van der Waals surface area contributed by atoms with Gasteiger partial charge < -0.3 is 15.3 Å². The summed E-state index contributed by atoms with van der Waals surface area (Å²) in [5.41, 5.74) is 5.48. The second kappa shape index (κ2) is 12.9. The highest BCUT2D eigenvalue weighted by molar-refractivity contribution is 6.11. The summed E-state index contributed by atoms with van der Waals surface area (Å²) in [5.74, 6) is 0.825. The van der Waals surface area contributed by atoms with Crippen LogP contribution in [0.15, 0.2) is 66.3 Å². The first kappa shape index (κ1) is 27.1. The lowest BCUT2D eigenvalue weighted by molar-refractivity contribution is 0.0698. The molecule has 2 N–H and O–H groups in total. The van der Waals surface area contributed by atoms with E-state index in [2.05, 4.69) is 72.5 Å². The van der Waals surface area contributed by atoms with E-state index >= 15 is 0 Å². The van der Waals surface area contributed by atoms with Gasteiger partial charge in [0.2, 0.25) is 0 Å². The molecular formula is C29H40N4O. The number of hydrogen-bond donors (Lipinski definition) is 2. The molecule has 0 aliphatic carbocycles. The maximum Gasteiger partial charge on any atom is 0.134 e. The van der Waals surface area contributed by atoms with Gasteiger partial charge in [-0.2, -0.15) is 0 Å². The van der Waals surface area contributed by atoms with Gasteiger partial charge in [-0.05, 0) is 68.0 Å². The van der Waals surface area contributed by atoms with Gasteiger partial charge >= 0.3 is 0 Å². The molecule has 0 radical (unpaired) electrons. The smallest absolute Gasteiger partial charge is 0.134 e. The Hall–Kier alpha value is -3.18. The zero-order valence-corrected chi connectivity index (χ0v) is 21.6. The van der Waals surface area contributed by atoms with Crippen molar-refractivity contribution in [2.45, 2.75) is 45.6 Å². The average molecular weight is 461 g/mol. The Labute approximate surface area is 205 Å². The Bertz CT molecular complexity index is 1040. The first-order chi connectivity index (χ1) is 16.2. The fourth-order valence-electron chi connectivity index (χ4n) is 3.69. The molecular weight excluding hydrogens is 420 g/mol. The topological polar surface area (TPSA) is 60.8 Å². The zero-order valence-electron chi connectivity index (χ0n) is 21.6. The highest BCUT2D eigenvalue weighted by Gasteiger charge is 2.14. The van der Waals surface area contributed by atoms with Crippen LogP contribution in [0.1, 0.15) is 51.2 Å². The van der Waals surface area contributed by atoms with Gasteiger partial charge in [0.15, 0.2) is 0 Å². The van der Waals surface area contributed by atoms with Crippen LogP contribution in [-0.2, 0) is 0 Å². The Morgan fingerprint density at radius 2 is 1.97 bits per heavy atom. The van der Waals surface area contributed by atoms with Crippen LogP contribution >= 0.6 is 0 Å². The molecule has 0 amide bonds. The van der Waals surface area contributed by atoms with Crippen LogP contribution in [0.2, 0.25) is 0 Å². The monoisotopic (exact) mass is 460 g/mol. The van der Waals surface area contributed by atoms with Crippen LogP contribution < -0.4 is 5.32 Å². The second-order valence-corrected chi connectivity index (χ2v) is 9.22. The van der Waals surface area contributed by atoms with Crippen molar-refractivity contribution in [3.8, 4) is 11.3 Å². The van der Waals surface area contributed by atoms with Crippen molar-refractivity contribution < 1.29 is 5.11 Å². The summed E-state index contributed by atoms with van der Waals surface area (Å²) in [6.45, 7) is 10.5. The first-order valence-electron chi connectivity index (χ1n) is 11.9. The van der Waals surface area contributed by atoms with E-state index in [0.717, 1.165) is 58.7 Å². The van der Waals surface area contributed by atoms with Crippen molar-refractivity contribution >= 4 is 23.2 Å². The normalized spacial score (nSPS) is 12.8. The summed E-state index contributed by atoms with van der Waals surface area (Å²) in [6.07, 6.45) is 10.4. The molecule has 0 spiro atoms. The number of hydrogen-bond acceptors (Lipinski definition) is 5. The summed E-state index contributed by atoms with van der Waals surface area (Å²) >= 11 is 0. The van der Waals surface area contributed by atoms with E-state index < -0.39 is 5.60 Å². The number of rotatable bonds is 12. The molecule has 2 aromatic rings. The van der Waals surface area contributed by atoms with Crippen molar-refractivity contribution in [1.82, 2.24) is 9.88 Å². The van der Waals surface area contributed by atoms with Crippen molar-refractivity contribution in [2.24, 2.45) is 4.99 Å². The number of anilines is 1. The lowest BCUT2D eigenvalue weighted by atomic mass is 10.00. The number of allylic oxidation sites excluding steroid dienone is 4. The van der Waals surface area contributed by atoms with Gasteiger partial charge in [0.05, 0.1) is 11.3 Å². The second-order valence-electron chi connectivity index (χ2n) is 9.22. The first-order valence-corrected chi connectivity index (χ1v) is 11.9. The number of aliphatic imine (C=N–C) groups is 1. The molecule has 0 saturated carbocycles. The number of nitrogens with zero attached hydrogens (tertiary/aromatic N) is 3. The molecule has 34 heavy (non-hydrogen) atoms. The van der Waals surface area contributed by atoms with E-state index in [1.165, 1.54) is 0 Å². The summed E-state index contributed by atoms with van der Waals surface area (Å²) in [4.78, 5) is 11.3. The summed E-state index contributed by atoms with van der Waals surface area (Å²) in [5, 5.41) is 13.6. The lowest BCUT2D eigenvalue weighted by Crippen LogP contribution is -2.20. The Balaban J connectivity index is 2.47. The highest BCUT2D eigenvalue weighted by Crippen LogP contribution is 2.29. The van der Waals surface area contributed by atoms with Gasteiger partial charge in [-0.3, -0.25) is 4.99 Å². The van der Waals surface area contributed by atoms with Crippen molar-refractivity contribution in [2.75, 3.05) is 33.0 Å². The number of aliphatic hydroxyl groups is 1. The summed E-state index contributed by atoms with van der Waals surface area (Å²) < 4.78 is 0. The van der Waals surface area contributed by atoms with Crippen LogP contribution in [0.3, 0.4) is 0 Å². The summed E-state index contributed by atoms with van der Waals surface area (Å²) in [6, 6.07) is 12.5. The summed E-state index contributed by atoms with van der Waals surface area (Å²) in [7, 11) is 5.79. The number of aromatic nitrogens is 1. The van der Waals surface area contributed by atoms with Crippen molar-refractivity contribution in [1.29, 1.82) is 0 Å². The third-order valence-electron chi connectivity index (χ3n) is 5.27. The number of pyridine rings is 1. The Kier molecular flexibility index (Phi) is 10.3. The Morgan fingerprint density at radius 3 is 2.59 bits per heavy atom. The van der Waals surface area contributed by atoms with E-state index in [1.807, 2.05) is 45.1 Å². The zero-order chi connectivity index (χ0) is 25.1. The van der Waals surface area contributed by atoms with E-state index in [0.29, 0.717) is 6.42 Å². The number of benzene rings is 1. The molecule has 0 saturated heterocycles. The molecule has 0 bridgehead atoms. The minimum Gasteiger partial charge on any atom is -0.390 e. The van der Waals surface area contributed by atoms with Crippen LogP contribution in [0, 0.1) is 0 Å². The van der Waals surface area contributed by atoms with Gasteiger partial charge in [0.25, 0.3) is 0 Å². The van der Waals surface area contributed by atoms with Crippen LogP contribution in [0.4, 0.5) is 5.82 Å². The molecule has 1 aromatic heterocycles. The Morgan fingerprint density at radius 1 is 1.21 bits per heavy atom. The van der Waals surface area contributed by atoms with Gasteiger partial charge in [0, 0.05) is 51.2 Å². The fraction of sp³-hybridized carbons (Fsp3) is 0.379. The van der Waals surface area contributed by atoms with E-state index in [9.17, 15) is 5.11 Å². The van der Waals surface area contributed by atoms with Crippen molar-refractivity contribution in [3.05, 3.63) is 72.5 Å². The molecule has 0 fully saturated rings. The molecule has 0 aliphatic rings. The maximum atomic E-state index is 10.1. The molecule has 1 heterocycles. The van der Waals surface area contributed by atoms with Gasteiger partial charge in [-0.15, -0.1) is 0 Å². The number of nitrogens with one attached hydrogen (secondary N) is 1. The van der Waals surface area contributed by atoms with Gasteiger partial charge in [0.1, 0.15) is 5.82 Å². The standard InChI is InChI=1S/C29H40N4O/c1-8-12-25(20-30-5)26-15-16-27(32-28(26)31-18-11-17-29(3,4)34)24-14-10-13-23(19-24)22(9-2)21-33(6)7/h9-10,12-16,19-21,34H,2,8,11,17-18H2,1,3-7H3,(H,31,32)/b22-21+,25-12+,30-20-. The lowest BCUT2D eigenvalue weighted by Gasteiger charge is -2.18. The maximum absolute atomic E-state index is 10.1. The largest absolute Gasteiger partial charge is 0.390 e. The molecule has 5 heteroatoms. The minimum absolute atomic E-state index is 0.675. The minimum atomic E-state index is -0.675. The molecule has 2 rings (SSSR count). The van der Waals surface area contributed by atoms with E-state index in [-0.39, 0.29) is 0 Å². The molecule has 0 atom stereocenters. The van der Waals surface area contributed by atoms with Gasteiger partial charge in [-0.25, -0.2) is 4.98 Å². The van der Waals surface area contributed by atoms with Crippen molar-refractivity contribution in [3.63, 3.8) is 0 Å². The quantitative estimate of drug-likeness (QED) is 0.222. The predicted molar refractivity (Wildman–Crippen MR) is 148 cm³/mol. The molecule has 182 valence electrons. The average Bonchev–Trinajstić information content (AvgIpc) is 2.79. The fourth-order valence-corrected chi connectivity index (χ4v) is 3.69. The molecule has 0 unspecified atom stereocenters. The predicted octanol–water partition coefficient (Wildman–Crippen LogP) is 6.29. The third kappa shape index (κ3) is 8.31. The highest BCUT2D eigenvalue weighted by atomic mass is 16.3.